The van der Waals surface area contributed by atoms with Crippen LogP contribution >= 0.6 is 0 Å². The molecule has 0 fully saturated rings. The lowest BCUT2D eigenvalue weighted by Gasteiger charge is -2.18. The molecular weight excluding hydrogens is 240 g/mol. The highest BCUT2D eigenvalue weighted by Gasteiger charge is 2.09. The highest BCUT2D eigenvalue weighted by atomic mass is 16.5. The van der Waals surface area contributed by atoms with Gasteiger partial charge >= 0.3 is 0 Å². The molecule has 0 aromatic carbocycles. The van der Waals surface area contributed by atoms with Crippen molar-refractivity contribution in [3.8, 4) is 0 Å². The summed E-state index contributed by atoms with van der Waals surface area (Å²) in [6, 6.07) is 4.15. The molecule has 0 aliphatic carbocycles. The molecule has 1 atom stereocenters. The first-order valence-electron chi connectivity index (χ1n) is 6.66. The first kappa shape index (κ1) is 13.7. The van der Waals surface area contributed by atoms with Crippen LogP contribution in [0.25, 0.3) is 11.2 Å². The van der Waals surface area contributed by atoms with Crippen LogP contribution in [0.2, 0.25) is 0 Å². The Bertz CT molecular complexity index is 518. The van der Waals surface area contributed by atoms with Crippen LogP contribution in [0.4, 0.5) is 5.82 Å². The van der Waals surface area contributed by atoms with E-state index in [0.29, 0.717) is 12.3 Å². The molecule has 5 heteroatoms. The van der Waals surface area contributed by atoms with E-state index in [1.807, 2.05) is 12.1 Å². The van der Waals surface area contributed by atoms with E-state index < -0.39 is 0 Å². The van der Waals surface area contributed by atoms with Crippen molar-refractivity contribution in [3.05, 3.63) is 24.5 Å². The lowest BCUT2D eigenvalue weighted by molar-refractivity contribution is 0.182. The van der Waals surface area contributed by atoms with Gasteiger partial charge in [-0.2, -0.15) is 0 Å². The molecule has 2 heterocycles. The van der Waals surface area contributed by atoms with Crippen LogP contribution in [-0.2, 0) is 4.74 Å². The summed E-state index contributed by atoms with van der Waals surface area (Å²) in [5, 5.41) is 3.40. The first-order chi connectivity index (χ1) is 9.33. The third kappa shape index (κ3) is 3.86. The number of hydrogen-bond donors (Lipinski definition) is 1. The monoisotopic (exact) mass is 260 g/mol. The highest BCUT2D eigenvalue weighted by molar-refractivity contribution is 5.71. The number of methoxy groups -OCH3 is 1. The van der Waals surface area contributed by atoms with Crippen LogP contribution in [0.1, 0.15) is 26.2 Å². The van der Waals surface area contributed by atoms with Crippen LogP contribution in [0.3, 0.4) is 0 Å². The van der Waals surface area contributed by atoms with Crippen molar-refractivity contribution in [1.29, 1.82) is 0 Å². The van der Waals surface area contributed by atoms with Crippen molar-refractivity contribution < 1.29 is 4.74 Å². The number of nitrogens with one attached hydrogen (secondary N) is 1. The fraction of sp³-hybridized carbons (Fsp3) is 0.500. The Labute approximate surface area is 113 Å². The Hall–Kier alpha value is -1.75. The Balaban J connectivity index is 2.09. The second-order valence-corrected chi connectivity index (χ2v) is 4.53. The minimum absolute atomic E-state index is 0.284. The molecule has 19 heavy (non-hydrogen) atoms. The summed E-state index contributed by atoms with van der Waals surface area (Å²) in [4.78, 5) is 12.9. The average molecular weight is 260 g/mol. The van der Waals surface area contributed by atoms with E-state index in [4.69, 9.17) is 4.74 Å². The van der Waals surface area contributed by atoms with Crippen molar-refractivity contribution in [3.63, 3.8) is 0 Å². The van der Waals surface area contributed by atoms with Crippen LogP contribution in [0, 0.1) is 0 Å². The van der Waals surface area contributed by atoms with Crippen LogP contribution in [0.15, 0.2) is 24.5 Å². The van der Waals surface area contributed by atoms with E-state index in [0.717, 1.165) is 17.8 Å². The summed E-state index contributed by atoms with van der Waals surface area (Å²) in [5.41, 5.74) is 1.48. The first-order valence-corrected chi connectivity index (χ1v) is 6.66. The summed E-state index contributed by atoms with van der Waals surface area (Å²) in [6.07, 6.45) is 6.76. The van der Waals surface area contributed by atoms with Gasteiger partial charge in [-0.25, -0.2) is 9.97 Å². The Morgan fingerprint density at radius 3 is 2.89 bits per heavy atom. The smallest absolute Gasteiger partial charge is 0.180 e. The number of unbranched alkanes of at least 4 members (excludes halogenated alkanes) is 1. The second kappa shape index (κ2) is 6.99. The summed E-state index contributed by atoms with van der Waals surface area (Å²) in [5.74, 6) is 0.825. The Kier molecular flexibility index (Phi) is 5.03. The van der Waals surface area contributed by atoms with Gasteiger partial charge in [0.15, 0.2) is 5.65 Å². The fourth-order valence-electron chi connectivity index (χ4n) is 1.99. The maximum atomic E-state index is 5.24. The van der Waals surface area contributed by atoms with Gasteiger partial charge in [-0.3, -0.25) is 4.98 Å². The quantitative estimate of drug-likeness (QED) is 0.829. The Morgan fingerprint density at radius 2 is 2.11 bits per heavy atom. The van der Waals surface area contributed by atoms with Gasteiger partial charge in [-0.1, -0.05) is 19.8 Å². The fourth-order valence-corrected chi connectivity index (χ4v) is 1.99. The summed E-state index contributed by atoms with van der Waals surface area (Å²) >= 11 is 0. The number of anilines is 1. The molecule has 2 rings (SSSR count). The van der Waals surface area contributed by atoms with Gasteiger partial charge in [-0.15, -0.1) is 0 Å². The number of nitrogens with zero attached hydrogens (tertiary/aromatic N) is 3. The molecule has 2 aromatic heterocycles. The summed E-state index contributed by atoms with van der Waals surface area (Å²) in [6.45, 7) is 2.87. The molecule has 0 amide bonds. The zero-order valence-electron chi connectivity index (χ0n) is 11.5. The molecule has 0 saturated heterocycles. The third-order valence-corrected chi connectivity index (χ3v) is 2.96. The minimum Gasteiger partial charge on any atom is -0.383 e. The zero-order valence-corrected chi connectivity index (χ0v) is 11.5. The predicted octanol–water partition coefficient (Wildman–Crippen LogP) is 2.64. The van der Waals surface area contributed by atoms with Gasteiger partial charge in [0.1, 0.15) is 11.3 Å². The van der Waals surface area contributed by atoms with E-state index in [1.165, 1.54) is 12.8 Å². The molecule has 102 valence electrons. The van der Waals surface area contributed by atoms with E-state index in [-0.39, 0.29) is 6.04 Å². The largest absolute Gasteiger partial charge is 0.383 e. The third-order valence-electron chi connectivity index (χ3n) is 2.96. The van der Waals surface area contributed by atoms with Gasteiger partial charge in [0, 0.05) is 19.5 Å². The highest BCUT2D eigenvalue weighted by Crippen LogP contribution is 2.13. The number of ether oxygens (including phenoxy) is 1. The molecule has 2 aromatic rings. The van der Waals surface area contributed by atoms with Gasteiger partial charge in [0.25, 0.3) is 0 Å². The maximum Gasteiger partial charge on any atom is 0.180 e. The van der Waals surface area contributed by atoms with Gasteiger partial charge in [0.2, 0.25) is 0 Å². The lowest BCUT2D eigenvalue weighted by atomic mass is 10.1. The predicted molar refractivity (Wildman–Crippen MR) is 76.1 cm³/mol. The topological polar surface area (TPSA) is 59.9 Å². The van der Waals surface area contributed by atoms with Crippen molar-refractivity contribution in [2.75, 3.05) is 19.0 Å². The van der Waals surface area contributed by atoms with Crippen LogP contribution in [-0.4, -0.2) is 34.7 Å². The molecular formula is C14H20N4O. The molecule has 5 nitrogen and oxygen atoms in total. The van der Waals surface area contributed by atoms with Crippen LogP contribution in [0.5, 0.6) is 0 Å². The van der Waals surface area contributed by atoms with Gasteiger partial charge in [-0.05, 0) is 18.6 Å². The molecule has 0 spiro atoms. The number of fused-ring (bicyclic) bond motifs is 1. The van der Waals surface area contributed by atoms with E-state index in [9.17, 15) is 0 Å². The number of aromatic nitrogens is 3. The second-order valence-electron chi connectivity index (χ2n) is 4.53. The molecule has 0 aliphatic heterocycles. The lowest BCUT2D eigenvalue weighted by Crippen LogP contribution is -2.25. The number of rotatable bonds is 7. The van der Waals surface area contributed by atoms with Crippen molar-refractivity contribution in [2.24, 2.45) is 0 Å². The molecule has 1 unspecified atom stereocenters. The number of hydrogen-bond acceptors (Lipinski definition) is 5. The summed E-state index contributed by atoms with van der Waals surface area (Å²) < 4.78 is 5.24. The molecule has 0 radical (unpaired) electrons. The van der Waals surface area contributed by atoms with Crippen molar-refractivity contribution in [2.45, 2.75) is 32.2 Å². The zero-order chi connectivity index (χ0) is 13.5. The standard InChI is InChI=1S/C14H20N4O/c1-3-4-5-11(10-19-2)17-13-7-6-12-14(18-13)16-9-8-15-12/h6-9,11H,3-5,10H2,1-2H3,(H,16,17,18). The van der Waals surface area contributed by atoms with Gasteiger partial charge in [0.05, 0.1) is 12.6 Å². The molecule has 1 N–H and O–H groups in total. The van der Waals surface area contributed by atoms with Crippen LogP contribution < -0.4 is 5.32 Å². The Morgan fingerprint density at radius 1 is 1.26 bits per heavy atom. The maximum absolute atomic E-state index is 5.24. The normalized spacial score (nSPS) is 12.5. The summed E-state index contributed by atoms with van der Waals surface area (Å²) in [7, 11) is 1.72. The molecule has 0 aliphatic rings. The molecule has 0 bridgehead atoms. The average Bonchev–Trinajstić information content (AvgIpc) is 2.45. The number of pyridine rings is 1. The molecule has 0 saturated carbocycles. The van der Waals surface area contributed by atoms with Crippen molar-refractivity contribution >= 4 is 17.0 Å². The van der Waals surface area contributed by atoms with E-state index in [1.54, 1.807) is 19.5 Å². The SMILES string of the molecule is CCCCC(COC)Nc1ccc2nccnc2n1. The minimum atomic E-state index is 0.284. The van der Waals surface area contributed by atoms with E-state index in [2.05, 4.69) is 27.2 Å². The van der Waals surface area contributed by atoms with E-state index >= 15 is 0 Å². The van der Waals surface area contributed by atoms with Crippen molar-refractivity contribution in [1.82, 2.24) is 15.0 Å². The van der Waals surface area contributed by atoms with Gasteiger partial charge < -0.3 is 10.1 Å².